The number of hydrogen-bond donors (Lipinski definition) is 1. The van der Waals surface area contributed by atoms with Crippen molar-refractivity contribution >= 4 is 5.84 Å². The van der Waals surface area contributed by atoms with E-state index in [2.05, 4.69) is 11.9 Å². The van der Waals surface area contributed by atoms with Gasteiger partial charge < -0.3 is 5.73 Å². The van der Waals surface area contributed by atoms with E-state index in [-0.39, 0.29) is 0 Å². The van der Waals surface area contributed by atoms with E-state index < -0.39 is 0 Å². The lowest BCUT2D eigenvalue weighted by Crippen LogP contribution is -2.16. The molecule has 0 aromatic heterocycles. The molecule has 0 bridgehead atoms. The summed E-state index contributed by atoms with van der Waals surface area (Å²) in [6.07, 6.45) is 6.55. The van der Waals surface area contributed by atoms with Gasteiger partial charge in [0.1, 0.15) is 0 Å². The minimum Gasteiger partial charge on any atom is -0.387 e. The van der Waals surface area contributed by atoms with Gasteiger partial charge in [0.15, 0.2) is 0 Å². The van der Waals surface area contributed by atoms with Crippen LogP contribution < -0.4 is 5.73 Å². The van der Waals surface area contributed by atoms with Crippen LogP contribution in [0.15, 0.2) is 4.99 Å². The first kappa shape index (κ1) is 8.09. The van der Waals surface area contributed by atoms with E-state index in [1.165, 1.54) is 32.1 Å². The fourth-order valence-corrected chi connectivity index (χ4v) is 1.57. The van der Waals surface area contributed by atoms with Crippen LogP contribution in [0.5, 0.6) is 0 Å². The van der Waals surface area contributed by atoms with Crippen LogP contribution in [-0.4, -0.2) is 12.4 Å². The zero-order valence-corrected chi connectivity index (χ0v) is 7.84. The van der Waals surface area contributed by atoms with Gasteiger partial charge in [-0.2, -0.15) is 0 Å². The molecule has 2 rings (SSSR count). The fraction of sp³-hybridized carbons (Fsp3) is 0.900. The lowest BCUT2D eigenvalue weighted by Gasteiger charge is -2.08. The average molecular weight is 166 g/mol. The van der Waals surface area contributed by atoms with Crippen LogP contribution in [0.1, 0.15) is 39.0 Å². The maximum atomic E-state index is 5.82. The first-order chi connectivity index (χ1) is 5.76. The number of nitrogens with two attached hydrogens (primary N) is 1. The molecule has 0 unspecified atom stereocenters. The second-order valence-corrected chi connectivity index (χ2v) is 4.37. The Morgan fingerprint density at radius 1 is 1.50 bits per heavy atom. The van der Waals surface area contributed by atoms with Crippen molar-refractivity contribution in [2.45, 2.75) is 39.0 Å². The van der Waals surface area contributed by atoms with Crippen LogP contribution in [-0.2, 0) is 0 Å². The Labute approximate surface area is 74.2 Å². The first-order valence-electron chi connectivity index (χ1n) is 5.06. The van der Waals surface area contributed by atoms with Crippen molar-refractivity contribution in [3.05, 3.63) is 0 Å². The Bertz CT molecular complexity index is 200. The van der Waals surface area contributed by atoms with Gasteiger partial charge >= 0.3 is 0 Å². The van der Waals surface area contributed by atoms with Crippen LogP contribution in [0.3, 0.4) is 0 Å². The molecule has 0 aromatic carbocycles. The van der Waals surface area contributed by atoms with Gasteiger partial charge in [-0.25, -0.2) is 0 Å². The van der Waals surface area contributed by atoms with Crippen molar-refractivity contribution in [3.63, 3.8) is 0 Å². The predicted molar refractivity (Wildman–Crippen MR) is 51.2 cm³/mol. The molecule has 0 saturated heterocycles. The largest absolute Gasteiger partial charge is 0.387 e. The van der Waals surface area contributed by atoms with Crippen molar-refractivity contribution in [1.29, 1.82) is 0 Å². The van der Waals surface area contributed by atoms with Gasteiger partial charge in [-0.05, 0) is 37.5 Å². The normalized spacial score (nSPS) is 27.2. The van der Waals surface area contributed by atoms with Crippen LogP contribution in [0.2, 0.25) is 0 Å². The van der Waals surface area contributed by atoms with Crippen molar-refractivity contribution in [2.24, 2.45) is 22.1 Å². The fourth-order valence-electron chi connectivity index (χ4n) is 1.57. The topological polar surface area (TPSA) is 38.4 Å². The minimum absolute atomic E-state index is 0.569. The third-order valence-electron chi connectivity index (χ3n) is 3.30. The summed E-state index contributed by atoms with van der Waals surface area (Å²) in [6, 6.07) is 0. The van der Waals surface area contributed by atoms with Crippen LogP contribution in [0, 0.1) is 11.3 Å². The van der Waals surface area contributed by atoms with Gasteiger partial charge in [0.25, 0.3) is 0 Å². The summed E-state index contributed by atoms with van der Waals surface area (Å²) in [6.45, 7) is 3.25. The molecule has 2 aliphatic carbocycles. The summed E-state index contributed by atoms with van der Waals surface area (Å²) in [7, 11) is 0. The van der Waals surface area contributed by atoms with Gasteiger partial charge in [-0.15, -0.1) is 0 Å². The zero-order valence-electron chi connectivity index (χ0n) is 7.84. The standard InChI is InChI=1S/C10H18N2/c1-2-10(5-6-10)7-12-9(11)8-3-4-8/h8H,2-7H2,1H3,(H2,11,12). The maximum absolute atomic E-state index is 5.82. The monoisotopic (exact) mass is 166 g/mol. The molecule has 2 nitrogen and oxygen atoms in total. The Hall–Kier alpha value is -0.530. The van der Waals surface area contributed by atoms with Crippen LogP contribution in [0.25, 0.3) is 0 Å². The van der Waals surface area contributed by atoms with Crippen molar-refractivity contribution in [3.8, 4) is 0 Å². The molecule has 2 N–H and O–H groups in total. The highest BCUT2D eigenvalue weighted by Crippen LogP contribution is 2.48. The highest BCUT2D eigenvalue weighted by atomic mass is 14.9. The molecule has 0 heterocycles. The smallest absolute Gasteiger partial charge is 0.0968 e. The highest BCUT2D eigenvalue weighted by Gasteiger charge is 2.40. The molecule has 12 heavy (non-hydrogen) atoms. The van der Waals surface area contributed by atoms with Gasteiger partial charge in [-0.1, -0.05) is 6.92 Å². The number of amidine groups is 1. The maximum Gasteiger partial charge on any atom is 0.0968 e. The first-order valence-corrected chi connectivity index (χ1v) is 5.06. The van der Waals surface area contributed by atoms with E-state index in [0.717, 1.165) is 12.4 Å². The van der Waals surface area contributed by atoms with Crippen molar-refractivity contribution < 1.29 is 0 Å². The van der Waals surface area contributed by atoms with Gasteiger partial charge in [0.05, 0.1) is 5.84 Å². The Kier molecular flexibility index (Phi) is 1.85. The van der Waals surface area contributed by atoms with E-state index in [4.69, 9.17) is 5.73 Å². The molecule has 68 valence electrons. The van der Waals surface area contributed by atoms with Crippen LogP contribution in [0.4, 0.5) is 0 Å². The minimum atomic E-state index is 0.569. The average Bonchev–Trinajstić information content (AvgIpc) is 2.94. The number of nitrogens with zero attached hydrogens (tertiary/aromatic N) is 1. The SMILES string of the molecule is CCC1(CN=C(N)C2CC2)CC1. The molecule has 0 aliphatic heterocycles. The Morgan fingerprint density at radius 2 is 2.17 bits per heavy atom. The molecular formula is C10H18N2. The number of hydrogen-bond acceptors (Lipinski definition) is 1. The number of aliphatic imine (C=N–C) groups is 1. The second kappa shape index (κ2) is 2.75. The summed E-state index contributed by atoms with van der Waals surface area (Å²) in [5, 5.41) is 0. The third-order valence-corrected chi connectivity index (χ3v) is 3.30. The molecule has 0 aromatic rings. The van der Waals surface area contributed by atoms with E-state index in [9.17, 15) is 0 Å². The summed E-state index contributed by atoms with van der Waals surface area (Å²) >= 11 is 0. The summed E-state index contributed by atoms with van der Waals surface area (Å²) in [5.74, 6) is 1.58. The van der Waals surface area contributed by atoms with E-state index >= 15 is 0 Å². The lowest BCUT2D eigenvalue weighted by atomic mass is 10.0. The molecule has 0 atom stereocenters. The van der Waals surface area contributed by atoms with Crippen molar-refractivity contribution in [2.75, 3.05) is 6.54 Å². The van der Waals surface area contributed by atoms with Gasteiger partial charge in [0.2, 0.25) is 0 Å². The molecule has 2 saturated carbocycles. The molecular weight excluding hydrogens is 148 g/mol. The predicted octanol–water partition coefficient (Wildman–Crippen LogP) is 1.94. The van der Waals surface area contributed by atoms with E-state index in [1.807, 2.05) is 0 Å². The summed E-state index contributed by atoms with van der Waals surface area (Å²) < 4.78 is 0. The zero-order chi connectivity index (χ0) is 8.60. The molecule has 2 aliphatic rings. The molecule has 0 spiro atoms. The quantitative estimate of drug-likeness (QED) is 0.503. The second-order valence-electron chi connectivity index (χ2n) is 4.37. The number of rotatable bonds is 4. The Balaban J connectivity index is 1.83. The van der Waals surface area contributed by atoms with Gasteiger partial charge in [-0.3, -0.25) is 4.99 Å². The van der Waals surface area contributed by atoms with Gasteiger partial charge in [0, 0.05) is 12.5 Å². The van der Waals surface area contributed by atoms with E-state index in [1.54, 1.807) is 0 Å². The third kappa shape index (κ3) is 1.62. The summed E-state index contributed by atoms with van der Waals surface area (Å²) in [5.41, 5.74) is 6.39. The van der Waals surface area contributed by atoms with Crippen molar-refractivity contribution in [1.82, 2.24) is 0 Å². The van der Waals surface area contributed by atoms with E-state index in [0.29, 0.717) is 11.3 Å². The Morgan fingerprint density at radius 3 is 2.58 bits per heavy atom. The van der Waals surface area contributed by atoms with Crippen LogP contribution >= 0.6 is 0 Å². The molecule has 0 amide bonds. The lowest BCUT2D eigenvalue weighted by molar-refractivity contribution is 0.505. The highest BCUT2D eigenvalue weighted by molar-refractivity contribution is 5.84. The summed E-state index contributed by atoms with van der Waals surface area (Å²) in [4.78, 5) is 4.49. The molecule has 2 heteroatoms. The molecule has 2 fully saturated rings. The molecule has 0 radical (unpaired) electrons.